The van der Waals surface area contributed by atoms with E-state index in [1.807, 2.05) is 41.3 Å². The van der Waals surface area contributed by atoms with Crippen molar-refractivity contribution in [2.75, 3.05) is 6.54 Å². The quantitative estimate of drug-likeness (QED) is 0.548. The van der Waals surface area contributed by atoms with Crippen LogP contribution in [0.4, 0.5) is 0 Å². The van der Waals surface area contributed by atoms with Crippen molar-refractivity contribution in [3.05, 3.63) is 77.4 Å². The van der Waals surface area contributed by atoms with Gasteiger partial charge in [-0.1, -0.05) is 23.4 Å². The van der Waals surface area contributed by atoms with Gasteiger partial charge in [0.15, 0.2) is 0 Å². The predicted molar refractivity (Wildman–Crippen MR) is 115 cm³/mol. The Morgan fingerprint density at radius 3 is 2.78 bits per heavy atom. The first-order chi connectivity index (χ1) is 15.6. The Morgan fingerprint density at radius 2 is 2.03 bits per heavy atom. The highest BCUT2D eigenvalue weighted by molar-refractivity contribution is 5.79. The van der Waals surface area contributed by atoms with Gasteiger partial charge in [0.2, 0.25) is 5.91 Å². The minimum Gasteiger partial charge on any atom is -0.489 e. The lowest BCUT2D eigenvalue weighted by molar-refractivity contribution is -0.137. The molecule has 3 aromatic rings. The van der Waals surface area contributed by atoms with Crippen LogP contribution in [0, 0.1) is 0 Å². The van der Waals surface area contributed by atoms with Gasteiger partial charge in [-0.3, -0.25) is 14.6 Å². The molecule has 3 heterocycles. The monoisotopic (exact) mass is 435 g/mol. The summed E-state index contributed by atoms with van der Waals surface area (Å²) in [4.78, 5) is 29.6. The highest BCUT2D eigenvalue weighted by Crippen LogP contribution is 2.32. The molecule has 1 atom stereocenters. The number of carbonyl (C=O) groups excluding carboxylic acids is 1. The number of hydrogen-bond acceptors (Lipinski definition) is 6. The highest BCUT2D eigenvalue weighted by Gasteiger charge is 2.32. The number of nitrogens with zero attached hydrogens (tertiary/aromatic N) is 3. The van der Waals surface area contributed by atoms with E-state index in [1.54, 1.807) is 18.5 Å². The van der Waals surface area contributed by atoms with Crippen LogP contribution in [0.1, 0.15) is 47.9 Å². The van der Waals surface area contributed by atoms with Crippen LogP contribution in [0.5, 0.6) is 5.75 Å². The number of pyridine rings is 1. The van der Waals surface area contributed by atoms with E-state index in [1.165, 1.54) is 0 Å². The number of likely N-dealkylation sites (tertiary alicyclic amines) is 1. The summed E-state index contributed by atoms with van der Waals surface area (Å²) in [6, 6.07) is 13.0. The zero-order valence-electron chi connectivity index (χ0n) is 17.6. The summed E-state index contributed by atoms with van der Waals surface area (Å²) >= 11 is 0. The SMILES string of the molecule is O=C(O)CCc1cc(C2CCCN2C(=O)Cc2ccc(OCc3cccnc3)cc2)no1. The molecule has 166 valence electrons. The second-order valence-electron chi connectivity index (χ2n) is 7.83. The van der Waals surface area contributed by atoms with Crippen LogP contribution < -0.4 is 4.74 Å². The number of carbonyl (C=O) groups is 2. The number of aliphatic carboxylic acids is 1. The molecule has 8 nitrogen and oxygen atoms in total. The van der Waals surface area contributed by atoms with Crippen LogP contribution in [0.3, 0.4) is 0 Å². The van der Waals surface area contributed by atoms with Crippen molar-refractivity contribution in [1.29, 1.82) is 0 Å². The minimum absolute atomic E-state index is 0.0100. The molecule has 1 fully saturated rings. The summed E-state index contributed by atoms with van der Waals surface area (Å²) in [5.74, 6) is 0.421. The lowest BCUT2D eigenvalue weighted by Gasteiger charge is -2.23. The molecule has 0 spiro atoms. The van der Waals surface area contributed by atoms with Gasteiger partial charge < -0.3 is 19.3 Å². The van der Waals surface area contributed by atoms with E-state index in [4.69, 9.17) is 14.4 Å². The Morgan fingerprint density at radius 1 is 1.19 bits per heavy atom. The fourth-order valence-electron chi connectivity index (χ4n) is 3.84. The summed E-state index contributed by atoms with van der Waals surface area (Å²) < 4.78 is 11.0. The first kappa shape index (κ1) is 21.5. The lowest BCUT2D eigenvalue weighted by Crippen LogP contribution is -2.32. The van der Waals surface area contributed by atoms with E-state index in [-0.39, 0.29) is 24.8 Å². The second-order valence-corrected chi connectivity index (χ2v) is 7.83. The number of carboxylic acid groups (broad SMARTS) is 1. The minimum atomic E-state index is -0.880. The molecule has 0 saturated carbocycles. The zero-order valence-corrected chi connectivity index (χ0v) is 17.6. The van der Waals surface area contributed by atoms with E-state index >= 15 is 0 Å². The lowest BCUT2D eigenvalue weighted by atomic mass is 10.1. The molecule has 1 aromatic carbocycles. The molecule has 1 aliphatic heterocycles. The average Bonchev–Trinajstić information content (AvgIpc) is 3.47. The van der Waals surface area contributed by atoms with Crippen molar-refractivity contribution >= 4 is 11.9 Å². The first-order valence-electron chi connectivity index (χ1n) is 10.7. The fourth-order valence-corrected chi connectivity index (χ4v) is 3.84. The molecule has 1 aliphatic rings. The molecule has 32 heavy (non-hydrogen) atoms. The van der Waals surface area contributed by atoms with Gasteiger partial charge >= 0.3 is 5.97 Å². The number of ether oxygens (including phenoxy) is 1. The van der Waals surface area contributed by atoms with Crippen LogP contribution >= 0.6 is 0 Å². The predicted octanol–water partition coefficient (Wildman–Crippen LogP) is 3.57. The third-order valence-electron chi connectivity index (χ3n) is 5.48. The molecule has 0 bridgehead atoms. The van der Waals surface area contributed by atoms with Gasteiger partial charge in [-0.05, 0) is 36.6 Å². The number of benzene rings is 1. The van der Waals surface area contributed by atoms with E-state index in [2.05, 4.69) is 10.1 Å². The number of aromatic nitrogens is 2. The van der Waals surface area contributed by atoms with E-state index in [0.717, 1.165) is 29.7 Å². The number of amides is 1. The first-order valence-corrected chi connectivity index (χ1v) is 10.7. The smallest absolute Gasteiger partial charge is 0.303 e. The summed E-state index contributed by atoms with van der Waals surface area (Å²) in [5, 5.41) is 12.9. The van der Waals surface area contributed by atoms with E-state index in [0.29, 0.717) is 31.0 Å². The third-order valence-corrected chi connectivity index (χ3v) is 5.48. The molecule has 8 heteroatoms. The normalized spacial score (nSPS) is 15.6. The summed E-state index contributed by atoms with van der Waals surface area (Å²) in [5.41, 5.74) is 2.60. The molecule has 1 N–H and O–H groups in total. The summed E-state index contributed by atoms with van der Waals surface area (Å²) in [6.07, 6.45) is 5.78. The van der Waals surface area contributed by atoms with Crippen molar-refractivity contribution in [3.63, 3.8) is 0 Å². The molecule has 0 aliphatic carbocycles. The van der Waals surface area contributed by atoms with Crippen molar-refractivity contribution in [2.24, 2.45) is 0 Å². The molecule has 0 radical (unpaired) electrons. The van der Waals surface area contributed by atoms with Crippen molar-refractivity contribution in [3.8, 4) is 5.75 Å². The standard InChI is InChI=1S/C24H25N3O5/c28-23(13-17-5-7-19(8-6-17)31-16-18-3-1-11-25-15-18)27-12-2-4-22(27)21-14-20(32-26-21)9-10-24(29)30/h1,3,5-8,11,14-15,22H,2,4,9-10,12-13,16H2,(H,29,30). The Balaban J connectivity index is 1.33. The third kappa shape index (κ3) is 5.51. The van der Waals surface area contributed by atoms with Crippen LogP contribution in [-0.2, 0) is 29.0 Å². The van der Waals surface area contributed by atoms with Gasteiger partial charge in [0, 0.05) is 37.0 Å². The Kier molecular flexibility index (Phi) is 6.79. The van der Waals surface area contributed by atoms with Crippen LogP contribution in [0.25, 0.3) is 0 Å². The maximum absolute atomic E-state index is 13.0. The van der Waals surface area contributed by atoms with Crippen molar-refractivity contribution < 1.29 is 24.0 Å². The van der Waals surface area contributed by atoms with Crippen LogP contribution in [0.2, 0.25) is 0 Å². The molecule has 1 saturated heterocycles. The number of aryl methyl sites for hydroxylation is 1. The Labute approximate surface area is 185 Å². The van der Waals surface area contributed by atoms with Gasteiger partial charge in [-0.2, -0.15) is 0 Å². The molecule has 2 aromatic heterocycles. The van der Waals surface area contributed by atoms with Crippen LogP contribution in [0.15, 0.2) is 59.4 Å². The zero-order chi connectivity index (χ0) is 22.3. The summed E-state index contributed by atoms with van der Waals surface area (Å²) in [6.45, 7) is 1.11. The maximum Gasteiger partial charge on any atom is 0.303 e. The van der Waals surface area contributed by atoms with Gasteiger partial charge in [0.05, 0.1) is 18.9 Å². The van der Waals surface area contributed by atoms with Crippen molar-refractivity contribution in [1.82, 2.24) is 15.0 Å². The molecule has 1 unspecified atom stereocenters. The highest BCUT2D eigenvalue weighted by atomic mass is 16.5. The van der Waals surface area contributed by atoms with Gasteiger partial charge in [-0.15, -0.1) is 0 Å². The van der Waals surface area contributed by atoms with Gasteiger partial charge in [0.25, 0.3) is 0 Å². The van der Waals surface area contributed by atoms with Crippen molar-refractivity contribution in [2.45, 2.75) is 44.8 Å². The Bertz CT molecular complexity index is 1050. The van der Waals surface area contributed by atoms with Gasteiger partial charge in [0.1, 0.15) is 23.8 Å². The molecular formula is C24H25N3O5. The van der Waals surface area contributed by atoms with Crippen LogP contribution in [-0.4, -0.2) is 38.6 Å². The van der Waals surface area contributed by atoms with Gasteiger partial charge in [-0.25, -0.2) is 0 Å². The topological polar surface area (TPSA) is 106 Å². The number of carboxylic acids is 1. The number of rotatable bonds is 9. The maximum atomic E-state index is 13.0. The second kappa shape index (κ2) is 10.1. The molecular weight excluding hydrogens is 410 g/mol. The van der Waals surface area contributed by atoms with E-state index < -0.39 is 5.97 Å². The molecule has 4 rings (SSSR count). The average molecular weight is 435 g/mol. The van der Waals surface area contributed by atoms with E-state index in [9.17, 15) is 9.59 Å². The molecule has 1 amide bonds. The summed E-state index contributed by atoms with van der Waals surface area (Å²) in [7, 11) is 0. The largest absolute Gasteiger partial charge is 0.489 e. The Hall–Kier alpha value is -3.68. The fraction of sp³-hybridized carbons (Fsp3) is 0.333. The number of hydrogen-bond donors (Lipinski definition) is 1.